The summed E-state index contributed by atoms with van der Waals surface area (Å²) in [7, 11) is 0. The van der Waals surface area contributed by atoms with Gasteiger partial charge in [-0.2, -0.15) is 0 Å². The fourth-order valence-corrected chi connectivity index (χ4v) is 3.09. The van der Waals surface area contributed by atoms with Crippen molar-refractivity contribution in [3.8, 4) is 0 Å². The predicted octanol–water partition coefficient (Wildman–Crippen LogP) is 1.03. The lowest BCUT2D eigenvalue weighted by Crippen LogP contribution is -2.61. The average molecular weight is 212 g/mol. The van der Waals surface area contributed by atoms with Crippen LogP contribution in [0.15, 0.2) is 0 Å². The van der Waals surface area contributed by atoms with Gasteiger partial charge < -0.3 is 14.2 Å². The lowest BCUT2D eigenvalue weighted by atomic mass is 9.84. The van der Waals surface area contributed by atoms with Gasteiger partial charge in [0.05, 0.1) is 13.2 Å². The summed E-state index contributed by atoms with van der Waals surface area (Å²) in [5.74, 6) is -0.581. The summed E-state index contributed by atoms with van der Waals surface area (Å²) in [6, 6.07) is 0. The summed E-state index contributed by atoms with van der Waals surface area (Å²) >= 11 is 0. The van der Waals surface area contributed by atoms with Crippen LogP contribution < -0.4 is 0 Å². The number of hydrogen-bond donors (Lipinski definition) is 0. The summed E-state index contributed by atoms with van der Waals surface area (Å²) in [6.45, 7) is 1.82. The smallest absolute Gasteiger partial charge is 0.205 e. The monoisotopic (exact) mass is 212 g/mol. The van der Waals surface area contributed by atoms with E-state index < -0.39 is 11.4 Å². The Morgan fingerprint density at radius 2 is 1.73 bits per heavy atom. The highest BCUT2D eigenvalue weighted by Crippen LogP contribution is 2.48. The Morgan fingerprint density at radius 1 is 0.933 bits per heavy atom. The van der Waals surface area contributed by atoms with Crippen molar-refractivity contribution in [2.75, 3.05) is 19.8 Å². The highest BCUT2D eigenvalue weighted by Gasteiger charge is 2.64. The third kappa shape index (κ3) is 1.16. The maximum atomic E-state index is 12.0. The molecule has 0 N–H and O–H groups in total. The van der Waals surface area contributed by atoms with E-state index in [0.717, 1.165) is 25.7 Å². The van der Waals surface area contributed by atoms with Gasteiger partial charge in [-0.05, 0) is 19.3 Å². The van der Waals surface area contributed by atoms with Gasteiger partial charge in [-0.25, -0.2) is 0 Å². The topological polar surface area (TPSA) is 44.8 Å². The molecule has 1 aliphatic carbocycles. The van der Waals surface area contributed by atoms with Crippen LogP contribution in [-0.2, 0) is 19.0 Å². The molecule has 0 aromatic carbocycles. The lowest BCUT2D eigenvalue weighted by molar-refractivity contribution is -0.293. The Kier molecular flexibility index (Phi) is 2.13. The molecule has 0 aromatic heterocycles. The molecule has 3 aliphatic rings. The molecule has 0 aromatic rings. The molecule has 3 fully saturated rings. The van der Waals surface area contributed by atoms with E-state index in [9.17, 15) is 4.79 Å². The zero-order valence-electron chi connectivity index (χ0n) is 8.79. The molecule has 0 bridgehead atoms. The highest BCUT2D eigenvalue weighted by atomic mass is 16.8. The van der Waals surface area contributed by atoms with Crippen molar-refractivity contribution >= 4 is 5.78 Å². The SMILES string of the molecule is O=C1CCCC12OCCCC21OCCO1. The first-order chi connectivity index (χ1) is 7.29. The number of ketones is 1. The Bertz CT molecular complexity index is 282. The van der Waals surface area contributed by atoms with E-state index >= 15 is 0 Å². The number of ether oxygens (including phenoxy) is 3. The van der Waals surface area contributed by atoms with E-state index in [1.54, 1.807) is 0 Å². The van der Waals surface area contributed by atoms with Crippen LogP contribution in [0.1, 0.15) is 32.1 Å². The predicted molar refractivity (Wildman–Crippen MR) is 51.4 cm³/mol. The van der Waals surface area contributed by atoms with Crippen molar-refractivity contribution in [2.45, 2.75) is 43.5 Å². The first kappa shape index (κ1) is 9.75. The molecule has 1 atom stereocenters. The summed E-state index contributed by atoms with van der Waals surface area (Å²) in [6.07, 6.45) is 3.96. The quantitative estimate of drug-likeness (QED) is 0.601. The Balaban J connectivity index is 1.99. The van der Waals surface area contributed by atoms with E-state index in [1.807, 2.05) is 0 Å². The van der Waals surface area contributed by atoms with E-state index in [4.69, 9.17) is 14.2 Å². The van der Waals surface area contributed by atoms with Crippen molar-refractivity contribution in [1.29, 1.82) is 0 Å². The fraction of sp³-hybridized carbons (Fsp3) is 0.909. The van der Waals surface area contributed by atoms with Crippen molar-refractivity contribution in [3.63, 3.8) is 0 Å². The molecule has 0 radical (unpaired) electrons. The van der Waals surface area contributed by atoms with Crippen LogP contribution in [0, 0.1) is 0 Å². The number of Topliss-reactive ketones (excluding diaryl/α,β-unsaturated/α-hetero) is 1. The van der Waals surface area contributed by atoms with Gasteiger partial charge in [0.25, 0.3) is 0 Å². The molecule has 2 saturated heterocycles. The van der Waals surface area contributed by atoms with Crippen LogP contribution in [0.5, 0.6) is 0 Å². The van der Waals surface area contributed by atoms with Crippen molar-refractivity contribution < 1.29 is 19.0 Å². The van der Waals surface area contributed by atoms with E-state index in [-0.39, 0.29) is 5.78 Å². The highest BCUT2D eigenvalue weighted by molar-refractivity contribution is 5.90. The van der Waals surface area contributed by atoms with Crippen LogP contribution in [0.25, 0.3) is 0 Å². The number of hydrogen-bond acceptors (Lipinski definition) is 4. The molecular weight excluding hydrogens is 196 g/mol. The normalized spacial score (nSPS) is 39.3. The first-order valence-corrected chi connectivity index (χ1v) is 5.74. The number of carbonyl (C=O) groups is 1. The number of fused-ring (bicyclic) bond motifs is 1. The van der Waals surface area contributed by atoms with E-state index in [2.05, 4.69) is 0 Å². The molecule has 3 rings (SSSR count). The van der Waals surface area contributed by atoms with Crippen LogP contribution >= 0.6 is 0 Å². The summed E-state index contributed by atoms with van der Waals surface area (Å²) in [5.41, 5.74) is -0.776. The van der Waals surface area contributed by atoms with E-state index in [1.165, 1.54) is 0 Å². The van der Waals surface area contributed by atoms with Crippen LogP contribution in [0.2, 0.25) is 0 Å². The van der Waals surface area contributed by atoms with E-state index in [0.29, 0.717) is 26.2 Å². The zero-order valence-corrected chi connectivity index (χ0v) is 8.79. The molecular formula is C11H16O4. The van der Waals surface area contributed by atoms with Crippen molar-refractivity contribution in [1.82, 2.24) is 0 Å². The molecule has 1 saturated carbocycles. The third-order valence-electron chi connectivity index (χ3n) is 3.75. The third-order valence-corrected chi connectivity index (χ3v) is 3.75. The maximum absolute atomic E-state index is 12.0. The minimum atomic E-state index is -0.776. The molecule has 2 heterocycles. The van der Waals surface area contributed by atoms with Gasteiger partial charge in [0.1, 0.15) is 0 Å². The van der Waals surface area contributed by atoms with Gasteiger partial charge in [0, 0.05) is 19.4 Å². The number of carbonyl (C=O) groups excluding carboxylic acids is 1. The zero-order chi connectivity index (χ0) is 10.4. The van der Waals surface area contributed by atoms with Crippen LogP contribution in [0.4, 0.5) is 0 Å². The van der Waals surface area contributed by atoms with Gasteiger partial charge in [-0.3, -0.25) is 4.79 Å². The molecule has 2 aliphatic heterocycles. The Hall–Kier alpha value is -0.450. The second-order valence-electron chi connectivity index (χ2n) is 4.51. The number of rotatable bonds is 0. The average Bonchev–Trinajstić information content (AvgIpc) is 2.82. The molecule has 4 heteroatoms. The lowest BCUT2D eigenvalue weighted by Gasteiger charge is -2.45. The summed E-state index contributed by atoms with van der Waals surface area (Å²) in [4.78, 5) is 12.0. The second-order valence-corrected chi connectivity index (χ2v) is 4.51. The minimum Gasteiger partial charge on any atom is -0.361 e. The molecule has 84 valence electrons. The minimum absolute atomic E-state index is 0.170. The standard InChI is InChI=1S/C11H16O4/c12-9-3-1-4-10(9)11(5-2-6-13-10)14-7-8-15-11/h1-8H2. The largest absolute Gasteiger partial charge is 0.361 e. The van der Waals surface area contributed by atoms with Gasteiger partial charge in [0.15, 0.2) is 11.4 Å². The summed E-state index contributed by atoms with van der Waals surface area (Å²) in [5, 5.41) is 0. The van der Waals surface area contributed by atoms with Gasteiger partial charge >= 0.3 is 0 Å². The molecule has 15 heavy (non-hydrogen) atoms. The molecule has 1 unspecified atom stereocenters. The Morgan fingerprint density at radius 3 is 2.40 bits per heavy atom. The molecule has 4 nitrogen and oxygen atoms in total. The summed E-state index contributed by atoms with van der Waals surface area (Å²) < 4.78 is 17.2. The van der Waals surface area contributed by atoms with Gasteiger partial charge in [0.2, 0.25) is 5.79 Å². The van der Waals surface area contributed by atoms with Crippen LogP contribution in [0.3, 0.4) is 0 Å². The van der Waals surface area contributed by atoms with Crippen molar-refractivity contribution in [3.05, 3.63) is 0 Å². The fourth-order valence-electron chi connectivity index (χ4n) is 3.09. The van der Waals surface area contributed by atoms with Gasteiger partial charge in [-0.1, -0.05) is 0 Å². The van der Waals surface area contributed by atoms with Crippen molar-refractivity contribution in [2.24, 2.45) is 0 Å². The second kappa shape index (κ2) is 3.27. The molecule has 2 spiro atoms. The molecule has 0 amide bonds. The van der Waals surface area contributed by atoms with Gasteiger partial charge in [-0.15, -0.1) is 0 Å². The maximum Gasteiger partial charge on any atom is 0.205 e. The van der Waals surface area contributed by atoms with Crippen LogP contribution in [-0.4, -0.2) is 37.0 Å². The first-order valence-electron chi connectivity index (χ1n) is 5.74. The Labute approximate surface area is 88.9 Å².